The van der Waals surface area contributed by atoms with E-state index < -0.39 is 0 Å². The van der Waals surface area contributed by atoms with E-state index >= 15 is 0 Å². The molecule has 78 valence electrons. The summed E-state index contributed by atoms with van der Waals surface area (Å²) in [4.78, 5) is 2.45. The first-order valence-corrected chi connectivity index (χ1v) is 5.85. The maximum absolute atomic E-state index is 3.81. The van der Waals surface area contributed by atoms with Crippen molar-refractivity contribution in [2.45, 2.75) is 13.3 Å². The summed E-state index contributed by atoms with van der Waals surface area (Å²) in [7, 11) is 0. The second-order valence-electron chi connectivity index (χ2n) is 3.03. The van der Waals surface area contributed by atoms with Crippen molar-refractivity contribution < 1.29 is 0 Å². The lowest BCUT2D eigenvalue weighted by molar-refractivity contribution is 1.40. The highest BCUT2D eigenvalue weighted by Crippen LogP contribution is 2.28. The van der Waals surface area contributed by atoms with Crippen molar-refractivity contribution in [3.05, 3.63) is 71.1 Å². The van der Waals surface area contributed by atoms with Crippen molar-refractivity contribution in [2.75, 3.05) is 0 Å². The summed E-state index contributed by atoms with van der Waals surface area (Å²) < 4.78 is 0. The standard InChI is InChI=1S/C14H16S/c1-3-5-10-13(4-2)15-14-11-8-6-7-9-12-14/h3-8,10-12H,2,9H2,1H3/b5-3-,13-10+. The Morgan fingerprint density at radius 2 is 2.33 bits per heavy atom. The molecule has 1 rings (SSSR count). The molecule has 0 nitrogen and oxygen atoms in total. The molecule has 0 spiro atoms. The van der Waals surface area contributed by atoms with Crippen LogP contribution in [0.25, 0.3) is 0 Å². The quantitative estimate of drug-likeness (QED) is 0.610. The van der Waals surface area contributed by atoms with Gasteiger partial charge in [-0.1, -0.05) is 60.9 Å². The Kier molecular flexibility index (Phi) is 5.64. The Hall–Kier alpha value is -1.21. The molecule has 0 amide bonds. The normalized spacial score (nSPS) is 16.6. The predicted octanol–water partition coefficient (Wildman–Crippen LogP) is 4.77. The molecular formula is C14H16S. The van der Waals surface area contributed by atoms with E-state index in [1.165, 1.54) is 9.81 Å². The number of hydrogen-bond donors (Lipinski definition) is 0. The largest absolute Gasteiger partial charge is 0.0979 e. The monoisotopic (exact) mass is 216 g/mol. The highest BCUT2D eigenvalue weighted by Gasteiger charge is 1.97. The molecule has 0 saturated heterocycles. The summed E-state index contributed by atoms with van der Waals surface area (Å²) in [6.07, 6.45) is 19.7. The summed E-state index contributed by atoms with van der Waals surface area (Å²) in [6.45, 7) is 5.82. The predicted molar refractivity (Wildman–Crippen MR) is 71.7 cm³/mol. The number of thioether (sulfide) groups is 1. The highest BCUT2D eigenvalue weighted by atomic mass is 32.2. The lowest BCUT2D eigenvalue weighted by Crippen LogP contribution is -1.73. The minimum absolute atomic E-state index is 1.00. The third-order valence-corrected chi connectivity index (χ3v) is 2.93. The van der Waals surface area contributed by atoms with Gasteiger partial charge < -0.3 is 0 Å². The van der Waals surface area contributed by atoms with Gasteiger partial charge in [-0.15, -0.1) is 0 Å². The number of allylic oxidation sites excluding steroid dienone is 9. The molecular weight excluding hydrogens is 200 g/mol. The SMILES string of the molecule is C=C/C(=C\C=C/C)SC1=CCC=CC=C1. The minimum Gasteiger partial charge on any atom is -0.0979 e. The molecule has 15 heavy (non-hydrogen) atoms. The summed E-state index contributed by atoms with van der Waals surface area (Å²) in [5, 5.41) is 0. The first-order valence-electron chi connectivity index (χ1n) is 5.03. The van der Waals surface area contributed by atoms with E-state index in [-0.39, 0.29) is 0 Å². The van der Waals surface area contributed by atoms with E-state index in [0.717, 1.165) is 6.42 Å². The van der Waals surface area contributed by atoms with Crippen LogP contribution in [0, 0.1) is 0 Å². The Balaban J connectivity index is 2.67. The van der Waals surface area contributed by atoms with Crippen LogP contribution in [0.5, 0.6) is 0 Å². The lowest BCUT2D eigenvalue weighted by atomic mass is 10.4. The van der Waals surface area contributed by atoms with E-state index in [0.29, 0.717) is 0 Å². The molecule has 0 N–H and O–H groups in total. The van der Waals surface area contributed by atoms with Crippen LogP contribution in [-0.4, -0.2) is 0 Å². The first-order chi connectivity index (χ1) is 7.36. The van der Waals surface area contributed by atoms with E-state index in [9.17, 15) is 0 Å². The fourth-order valence-corrected chi connectivity index (χ4v) is 1.93. The van der Waals surface area contributed by atoms with E-state index in [4.69, 9.17) is 0 Å². The molecule has 0 atom stereocenters. The van der Waals surface area contributed by atoms with Crippen LogP contribution in [0.4, 0.5) is 0 Å². The Labute approximate surface area is 96.5 Å². The van der Waals surface area contributed by atoms with Crippen molar-refractivity contribution >= 4 is 11.8 Å². The van der Waals surface area contributed by atoms with Crippen LogP contribution in [0.3, 0.4) is 0 Å². The van der Waals surface area contributed by atoms with Crippen molar-refractivity contribution in [2.24, 2.45) is 0 Å². The van der Waals surface area contributed by atoms with E-state index in [1.54, 1.807) is 11.8 Å². The highest BCUT2D eigenvalue weighted by molar-refractivity contribution is 8.07. The molecule has 0 bridgehead atoms. The van der Waals surface area contributed by atoms with Gasteiger partial charge >= 0.3 is 0 Å². The van der Waals surface area contributed by atoms with Gasteiger partial charge in [0.15, 0.2) is 0 Å². The fourth-order valence-electron chi connectivity index (χ4n) is 1.11. The zero-order chi connectivity index (χ0) is 10.9. The topological polar surface area (TPSA) is 0 Å². The van der Waals surface area contributed by atoms with Crippen molar-refractivity contribution in [1.82, 2.24) is 0 Å². The van der Waals surface area contributed by atoms with Crippen LogP contribution in [0.15, 0.2) is 71.1 Å². The maximum atomic E-state index is 3.81. The Morgan fingerprint density at radius 3 is 3.07 bits per heavy atom. The molecule has 0 aromatic carbocycles. The average molecular weight is 216 g/mol. The van der Waals surface area contributed by atoms with Gasteiger partial charge in [-0.05, 0) is 25.5 Å². The maximum Gasteiger partial charge on any atom is 0.0116 e. The molecule has 0 saturated carbocycles. The van der Waals surface area contributed by atoms with Crippen molar-refractivity contribution in [1.29, 1.82) is 0 Å². The van der Waals surface area contributed by atoms with E-state index in [1.807, 2.05) is 25.2 Å². The minimum atomic E-state index is 1.00. The van der Waals surface area contributed by atoms with Gasteiger partial charge in [0, 0.05) is 9.81 Å². The number of hydrogen-bond acceptors (Lipinski definition) is 1. The van der Waals surface area contributed by atoms with Crippen LogP contribution in [0.1, 0.15) is 13.3 Å². The zero-order valence-electron chi connectivity index (χ0n) is 9.02. The fraction of sp³-hybridized carbons (Fsp3) is 0.143. The van der Waals surface area contributed by atoms with Gasteiger partial charge in [0.2, 0.25) is 0 Å². The number of rotatable bonds is 4. The molecule has 0 heterocycles. The molecule has 0 radical (unpaired) electrons. The van der Waals surface area contributed by atoms with Crippen LogP contribution in [0.2, 0.25) is 0 Å². The van der Waals surface area contributed by atoms with Gasteiger partial charge in [0.25, 0.3) is 0 Å². The zero-order valence-corrected chi connectivity index (χ0v) is 9.84. The Morgan fingerprint density at radius 1 is 1.47 bits per heavy atom. The van der Waals surface area contributed by atoms with Gasteiger partial charge in [-0.25, -0.2) is 0 Å². The van der Waals surface area contributed by atoms with Crippen LogP contribution < -0.4 is 0 Å². The van der Waals surface area contributed by atoms with Gasteiger partial charge in [-0.2, -0.15) is 0 Å². The van der Waals surface area contributed by atoms with Gasteiger partial charge in [0.05, 0.1) is 0 Å². The van der Waals surface area contributed by atoms with E-state index in [2.05, 4.69) is 43.0 Å². The van der Waals surface area contributed by atoms with Crippen LogP contribution in [-0.2, 0) is 0 Å². The van der Waals surface area contributed by atoms with Gasteiger partial charge in [0.1, 0.15) is 0 Å². The average Bonchev–Trinajstić information content (AvgIpc) is 2.52. The summed E-state index contributed by atoms with van der Waals surface area (Å²) in [5.41, 5.74) is 0. The first kappa shape index (κ1) is 11.9. The van der Waals surface area contributed by atoms with Crippen molar-refractivity contribution in [3.63, 3.8) is 0 Å². The third-order valence-electron chi connectivity index (χ3n) is 1.85. The molecule has 1 aliphatic rings. The Bertz CT molecular complexity index is 352. The molecule has 0 aromatic rings. The molecule has 0 unspecified atom stereocenters. The summed E-state index contributed by atoms with van der Waals surface area (Å²) >= 11 is 1.75. The van der Waals surface area contributed by atoms with Crippen molar-refractivity contribution in [3.8, 4) is 0 Å². The smallest absolute Gasteiger partial charge is 0.0116 e. The molecule has 0 aromatic heterocycles. The molecule has 1 heteroatoms. The second kappa shape index (κ2) is 7.13. The lowest BCUT2D eigenvalue weighted by Gasteiger charge is -2.01. The molecule has 1 aliphatic carbocycles. The van der Waals surface area contributed by atoms with Gasteiger partial charge in [-0.3, -0.25) is 0 Å². The summed E-state index contributed by atoms with van der Waals surface area (Å²) in [6, 6.07) is 0. The second-order valence-corrected chi connectivity index (χ2v) is 4.18. The summed E-state index contributed by atoms with van der Waals surface area (Å²) in [5.74, 6) is 0. The van der Waals surface area contributed by atoms with Crippen LogP contribution >= 0.6 is 11.8 Å². The molecule has 0 fully saturated rings. The molecule has 0 aliphatic heterocycles. The third kappa shape index (κ3) is 4.71.